The van der Waals surface area contributed by atoms with Gasteiger partial charge in [0.1, 0.15) is 6.61 Å². The molecule has 2 rings (SSSR count). The van der Waals surface area contributed by atoms with E-state index in [1.54, 1.807) is 24.3 Å². The Hall–Kier alpha value is -1.92. The highest BCUT2D eigenvalue weighted by molar-refractivity contribution is 5.94. The molecule has 1 aromatic rings. The summed E-state index contributed by atoms with van der Waals surface area (Å²) in [6.45, 7) is 5.07. The van der Waals surface area contributed by atoms with Crippen LogP contribution in [0, 0.1) is 0 Å². The fraction of sp³-hybridized carbons (Fsp3) is 0.556. The standard InChI is InChI=1S/C18H27N3O3/c1-2-12-24-14-18(23)20-16-8-6-15(7-9-16)19-17(22)13-21-10-4-3-5-11-21/h6-9H,2-5,10-14H2,1H3,(H,19,22)(H,20,23). The van der Waals surface area contributed by atoms with Gasteiger partial charge in [0.25, 0.3) is 0 Å². The number of nitrogens with zero attached hydrogens (tertiary/aromatic N) is 1. The lowest BCUT2D eigenvalue weighted by molar-refractivity contribution is -0.120. The van der Waals surface area contributed by atoms with E-state index in [1.807, 2.05) is 6.92 Å². The Morgan fingerprint density at radius 1 is 1.00 bits per heavy atom. The SMILES string of the molecule is CCCOCC(=O)Nc1ccc(NC(=O)CN2CCCCC2)cc1. The number of carbonyl (C=O) groups excluding carboxylic acids is 2. The number of likely N-dealkylation sites (tertiary alicyclic amines) is 1. The smallest absolute Gasteiger partial charge is 0.250 e. The minimum Gasteiger partial charge on any atom is -0.372 e. The van der Waals surface area contributed by atoms with Gasteiger partial charge in [0.15, 0.2) is 0 Å². The quantitative estimate of drug-likeness (QED) is 0.717. The maximum atomic E-state index is 12.1. The van der Waals surface area contributed by atoms with Gasteiger partial charge >= 0.3 is 0 Å². The van der Waals surface area contributed by atoms with Crippen molar-refractivity contribution < 1.29 is 14.3 Å². The molecule has 6 nitrogen and oxygen atoms in total. The average Bonchev–Trinajstić information content (AvgIpc) is 2.58. The molecule has 24 heavy (non-hydrogen) atoms. The molecule has 132 valence electrons. The average molecular weight is 333 g/mol. The van der Waals surface area contributed by atoms with Gasteiger partial charge in [-0.2, -0.15) is 0 Å². The van der Waals surface area contributed by atoms with Crippen molar-refractivity contribution in [3.63, 3.8) is 0 Å². The van der Waals surface area contributed by atoms with Crippen LogP contribution in [-0.4, -0.2) is 49.6 Å². The van der Waals surface area contributed by atoms with E-state index >= 15 is 0 Å². The van der Waals surface area contributed by atoms with Crippen LogP contribution in [-0.2, 0) is 14.3 Å². The number of anilines is 2. The van der Waals surface area contributed by atoms with Gasteiger partial charge in [-0.3, -0.25) is 14.5 Å². The van der Waals surface area contributed by atoms with Crippen molar-refractivity contribution >= 4 is 23.2 Å². The second kappa shape index (κ2) is 10.1. The predicted octanol–water partition coefficient (Wildman–Crippen LogP) is 2.48. The number of rotatable bonds is 8. The molecule has 0 saturated carbocycles. The fourth-order valence-corrected chi connectivity index (χ4v) is 2.66. The third-order valence-electron chi connectivity index (χ3n) is 3.85. The zero-order valence-corrected chi connectivity index (χ0v) is 14.3. The summed E-state index contributed by atoms with van der Waals surface area (Å²) >= 11 is 0. The molecule has 2 amide bonds. The number of hydrogen-bond donors (Lipinski definition) is 2. The van der Waals surface area contributed by atoms with Crippen LogP contribution in [0.3, 0.4) is 0 Å². The summed E-state index contributed by atoms with van der Waals surface area (Å²) in [6, 6.07) is 7.12. The number of ether oxygens (including phenoxy) is 1. The van der Waals surface area contributed by atoms with E-state index in [9.17, 15) is 9.59 Å². The van der Waals surface area contributed by atoms with Crippen molar-refractivity contribution in [3.05, 3.63) is 24.3 Å². The molecule has 2 N–H and O–H groups in total. The van der Waals surface area contributed by atoms with E-state index in [4.69, 9.17) is 4.74 Å². The van der Waals surface area contributed by atoms with Gasteiger partial charge < -0.3 is 15.4 Å². The predicted molar refractivity (Wildman–Crippen MR) is 95.1 cm³/mol. The number of nitrogens with one attached hydrogen (secondary N) is 2. The highest BCUT2D eigenvalue weighted by Crippen LogP contribution is 2.14. The minimum atomic E-state index is -0.176. The van der Waals surface area contributed by atoms with Crippen molar-refractivity contribution in [1.82, 2.24) is 4.90 Å². The Morgan fingerprint density at radius 2 is 1.58 bits per heavy atom. The summed E-state index contributed by atoms with van der Waals surface area (Å²) in [7, 11) is 0. The van der Waals surface area contributed by atoms with E-state index in [-0.39, 0.29) is 18.4 Å². The first-order valence-corrected chi connectivity index (χ1v) is 8.67. The van der Waals surface area contributed by atoms with Crippen LogP contribution in [0.1, 0.15) is 32.6 Å². The van der Waals surface area contributed by atoms with Crippen LogP contribution >= 0.6 is 0 Å². The molecule has 1 heterocycles. The van der Waals surface area contributed by atoms with Crippen LogP contribution in [0.2, 0.25) is 0 Å². The second-order valence-corrected chi connectivity index (χ2v) is 6.06. The topological polar surface area (TPSA) is 70.7 Å². The zero-order chi connectivity index (χ0) is 17.2. The molecule has 0 spiro atoms. The normalized spacial score (nSPS) is 15.0. The van der Waals surface area contributed by atoms with Crippen molar-refractivity contribution in [2.75, 3.05) is 43.5 Å². The Morgan fingerprint density at radius 3 is 2.17 bits per heavy atom. The molecule has 1 saturated heterocycles. The number of carbonyl (C=O) groups is 2. The van der Waals surface area contributed by atoms with Gasteiger partial charge in [-0.25, -0.2) is 0 Å². The molecule has 1 aliphatic rings. The van der Waals surface area contributed by atoms with Gasteiger partial charge in [-0.15, -0.1) is 0 Å². The van der Waals surface area contributed by atoms with Crippen LogP contribution in [0.4, 0.5) is 11.4 Å². The van der Waals surface area contributed by atoms with E-state index < -0.39 is 0 Å². The molecule has 1 aromatic carbocycles. The number of benzene rings is 1. The van der Waals surface area contributed by atoms with Gasteiger partial charge in [-0.1, -0.05) is 13.3 Å². The lowest BCUT2D eigenvalue weighted by Gasteiger charge is -2.25. The lowest BCUT2D eigenvalue weighted by atomic mass is 10.1. The van der Waals surface area contributed by atoms with Crippen LogP contribution in [0.15, 0.2) is 24.3 Å². The maximum absolute atomic E-state index is 12.1. The number of piperidine rings is 1. The fourth-order valence-electron chi connectivity index (χ4n) is 2.66. The third kappa shape index (κ3) is 6.68. The van der Waals surface area contributed by atoms with Crippen molar-refractivity contribution in [1.29, 1.82) is 0 Å². The molecule has 0 bridgehead atoms. The summed E-state index contributed by atoms with van der Waals surface area (Å²) < 4.78 is 5.19. The molecule has 1 aliphatic heterocycles. The summed E-state index contributed by atoms with van der Waals surface area (Å²) in [5.41, 5.74) is 1.42. The van der Waals surface area contributed by atoms with E-state index in [2.05, 4.69) is 15.5 Å². The van der Waals surface area contributed by atoms with Crippen molar-refractivity contribution in [3.8, 4) is 0 Å². The molecular weight excluding hydrogens is 306 g/mol. The van der Waals surface area contributed by atoms with E-state index in [0.29, 0.717) is 18.8 Å². The molecule has 1 fully saturated rings. The first kappa shape index (κ1) is 18.4. The molecule has 0 unspecified atom stereocenters. The van der Waals surface area contributed by atoms with Crippen LogP contribution in [0.25, 0.3) is 0 Å². The van der Waals surface area contributed by atoms with Gasteiger partial charge in [-0.05, 0) is 56.6 Å². The Bertz CT molecular complexity index is 525. The second-order valence-electron chi connectivity index (χ2n) is 6.06. The Kier molecular flexibility index (Phi) is 7.71. The summed E-state index contributed by atoms with van der Waals surface area (Å²) in [5.74, 6) is -0.174. The first-order valence-electron chi connectivity index (χ1n) is 8.67. The van der Waals surface area contributed by atoms with Crippen LogP contribution < -0.4 is 10.6 Å². The highest BCUT2D eigenvalue weighted by Gasteiger charge is 2.13. The summed E-state index contributed by atoms with van der Waals surface area (Å²) in [5, 5.41) is 5.66. The van der Waals surface area contributed by atoms with Gasteiger partial charge in [0.05, 0.1) is 6.54 Å². The van der Waals surface area contributed by atoms with Gasteiger partial charge in [0, 0.05) is 18.0 Å². The molecule has 0 aromatic heterocycles. The highest BCUT2D eigenvalue weighted by atomic mass is 16.5. The minimum absolute atomic E-state index is 0.00153. The van der Waals surface area contributed by atoms with Gasteiger partial charge in [0.2, 0.25) is 11.8 Å². The van der Waals surface area contributed by atoms with Crippen LogP contribution in [0.5, 0.6) is 0 Å². The van der Waals surface area contributed by atoms with Crippen molar-refractivity contribution in [2.24, 2.45) is 0 Å². The Balaban J connectivity index is 1.74. The Labute approximate surface area is 143 Å². The summed E-state index contributed by atoms with van der Waals surface area (Å²) in [6.07, 6.45) is 4.49. The molecule has 6 heteroatoms. The number of amides is 2. The van der Waals surface area contributed by atoms with E-state index in [0.717, 1.165) is 25.2 Å². The summed E-state index contributed by atoms with van der Waals surface area (Å²) in [4.78, 5) is 25.9. The molecule has 0 radical (unpaired) electrons. The van der Waals surface area contributed by atoms with E-state index in [1.165, 1.54) is 19.3 Å². The molecule has 0 atom stereocenters. The maximum Gasteiger partial charge on any atom is 0.250 e. The molecular formula is C18H27N3O3. The largest absolute Gasteiger partial charge is 0.372 e. The molecule has 0 aliphatic carbocycles. The zero-order valence-electron chi connectivity index (χ0n) is 14.3. The monoisotopic (exact) mass is 333 g/mol. The lowest BCUT2D eigenvalue weighted by Crippen LogP contribution is -2.36. The number of hydrogen-bond acceptors (Lipinski definition) is 4. The first-order chi connectivity index (χ1) is 11.7. The van der Waals surface area contributed by atoms with Crippen molar-refractivity contribution in [2.45, 2.75) is 32.6 Å². The third-order valence-corrected chi connectivity index (χ3v) is 3.85.